The number of carbonyl (C=O) groups is 1. The minimum Gasteiger partial charge on any atom is -0.508 e. The number of amides is 1. The Morgan fingerprint density at radius 2 is 1.79 bits per heavy atom. The molecule has 1 saturated heterocycles. The Morgan fingerprint density at radius 1 is 1.12 bits per heavy atom. The molecule has 3 rings (SSSR count). The summed E-state index contributed by atoms with van der Waals surface area (Å²) >= 11 is 6.62. The lowest BCUT2D eigenvalue weighted by Gasteiger charge is -2.14. The summed E-state index contributed by atoms with van der Waals surface area (Å²) in [5.74, 6) is 0.0119. The molecule has 1 aliphatic rings. The van der Waals surface area contributed by atoms with Gasteiger partial charge in [-0.05, 0) is 48.4 Å². The number of rotatable bonds is 3. The van der Waals surface area contributed by atoms with Gasteiger partial charge in [0.25, 0.3) is 5.91 Å². The average molecular weight is 353 g/mol. The van der Waals surface area contributed by atoms with E-state index in [4.69, 9.17) is 12.2 Å². The molecule has 0 aliphatic carbocycles. The molecule has 1 amide bonds. The minimum absolute atomic E-state index is 0.142. The van der Waals surface area contributed by atoms with Crippen LogP contribution in [-0.2, 0) is 4.79 Å². The second kappa shape index (κ2) is 7.03. The Balaban J connectivity index is 1.85. The largest absolute Gasteiger partial charge is 0.508 e. The molecule has 0 atom stereocenters. The first kappa shape index (κ1) is 16.5. The third kappa shape index (κ3) is 3.58. The monoisotopic (exact) mass is 353 g/mol. The van der Waals surface area contributed by atoms with E-state index in [1.54, 1.807) is 12.1 Å². The number of aromatic hydroxyl groups is 1. The van der Waals surface area contributed by atoms with Crippen LogP contribution in [0.25, 0.3) is 6.08 Å². The maximum Gasteiger partial charge on any atom is 0.270 e. The number of hydrogen-bond donors (Lipinski definition) is 1. The molecule has 24 heavy (non-hydrogen) atoms. The van der Waals surface area contributed by atoms with Gasteiger partial charge in [0, 0.05) is 0 Å². The zero-order valence-corrected chi connectivity index (χ0v) is 14.6. The molecule has 5 heteroatoms. The fourth-order valence-corrected chi connectivity index (χ4v) is 3.70. The van der Waals surface area contributed by atoms with Crippen LogP contribution in [0.15, 0.2) is 71.2 Å². The summed E-state index contributed by atoms with van der Waals surface area (Å²) in [5, 5.41) is 9.38. The Bertz CT molecular complexity index is 839. The topological polar surface area (TPSA) is 40.5 Å². The molecular formula is C19H15NO2S2. The first-order chi connectivity index (χ1) is 11.5. The number of phenolic OH excluding ortho intramolecular Hbond substituents is 1. The fourth-order valence-electron chi connectivity index (χ4n) is 2.35. The molecule has 3 nitrogen and oxygen atoms in total. The van der Waals surface area contributed by atoms with Crippen LogP contribution in [0.1, 0.15) is 12.5 Å². The highest BCUT2D eigenvalue weighted by atomic mass is 32.2. The SMILES string of the molecule is CC(=C/c1ccccc1)/C=C1\SC(=S)N(c2ccc(O)cc2)C1=O. The van der Waals surface area contributed by atoms with E-state index >= 15 is 0 Å². The molecule has 2 aromatic rings. The van der Waals surface area contributed by atoms with Crippen LogP contribution in [0, 0.1) is 0 Å². The Morgan fingerprint density at radius 3 is 2.46 bits per heavy atom. The summed E-state index contributed by atoms with van der Waals surface area (Å²) < 4.78 is 0.490. The number of nitrogens with zero attached hydrogens (tertiary/aromatic N) is 1. The fraction of sp³-hybridized carbons (Fsp3) is 0.0526. The Hall–Kier alpha value is -2.37. The lowest BCUT2D eigenvalue weighted by atomic mass is 10.1. The van der Waals surface area contributed by atoms with Gasteiger partial charge in [-0.3, -0.25) is 9.69 Å². The summed E-state index contributed by atoms with van der Waals surface area (Å²) in [6.45, 7) is 1.96. The van der Waals surface area contributed by atoms with Crippen LogP contribution in [0.2, 0.25) is 0 Å². The second-order valence-corrected chi connectivity index (χ2v) is 7.01. The van der Waals surface area contributed by atoms with Crippen LogP contribution in [0.4, 0.5) is 5.69 Å². The van der Waals surface area contributed by atoms with Crippen molar-refractivity contribution in [2.24, 2.45) is 0 Å². The van der Waals surface area contributed by atoms with Crippen molar-refractivity contribution < 1.29 is 9.90 Å². The number of phenols is 1. The van der Waals surface area contributed by atoms with E-state index in [0.29, 0.717) is 14.9 Å². The molecule has 120 valence electrons. The molecule has 0 spiro atoms. The van der Waals surface area contributed by atoms with Crippen LogP contribution in [0.3, 0.4) is 0 Å². The number of thioether (sulfide) groups is 1. The van der Waals surface area contributed by atoms with Crippen molar-refractivity contribution >= 4 is 46.0 Å². The predicted octanol–water partition coefficient (Wildman–Crippen LogP) is 4.74. The summed E-state index contributed by atoms with van der Waals surface area (Å²) in [7, 11) is 0. The van der Waals surface area contributed by atoms with Crippen LogP contribution in [0.5, 0.6) is 5.75 Å². The molecule has 1 fully saturated rings. The van der Waals surface area contributed by atoms with Crippen molar-refractivity contribution in [1.29, 1.82) is 0 Å². The van der Waals surface area contributed by atoms with E-state index in [9.17, 15) is 9.90 Å². The van der Waals surface area contributed by atoms with Gasteiger partial charge in [-0.25, -0.2) is 0 Å². The van der Waals surface area contributed by atoms with Gasteiger partial charge < -0.3 is 5.11 Å². The number of allylic oxidation sites excluding steroid dienone is 2. The highest BCUT2D eigenvalue weighted by molar-refractivity contribution is 8.27. The van der Waals surface area contributed by atoms with Gasteiger partial charge in [0.1, 0.15) is 5.75 Å². The first-order valence-electron chi connectivity index (χ1n) is 7.35. The van der Waals surface area contributed by atoms with Crippen molar-refractivity contribution in [3.63, 3.8) is 0 Å². The number of thiocarbonyl (C=S) groups is 1. The number of anilines is 1. The number of hydrogen-bond acceptors (Lipinski definition) is 4. The van der Waals surface area contributed by atoms with Crippen LogP contribution < -0.4 is 4.90 Å². The predicted molar refractivity (Wildman–Crippen MR) is 104 cm³/mol. The van der Waals surface area contributed by atoms with Gasteiger partial charge in [0.2, 0.25) is 0 Å². The van der Waals surface area contributed by atoms with Crippen LogP contribution >= 0.6 is 24.0 Å². The normalized spacial score (nSPS) is 17.0. The molecule has 2 aromatic carbocycles. The van der Waals surface area contributed by atoms with Gasteiger partial charge in [-0.1, -0.05) is 60.4 Å². The molecule has 0 bridgehead atoms. The van der Waals surface area contributed by atoms with Crippen molar-refractivity contribution in [2.75, 3.05) is 4.90 Å². The summed E-state index contributed by atoms with van der Waals surface area (Å²) in [6, 6.07) is 16.4. The molecule has 1 aliphatic heterocycles. The van der Waals surface area contributed by atoms with Crippen molar-refractivity contribution in [3.05, 3.63) is 76.7 Å². The van der Waals surface area contributed by atoms with Crippen molar-refractivity contribution in [2.45, 2.75) is 6.92 Å². The van der Waals surface area contributed by atoms with E-state index in [1.807, 2.05) is 49.4 Å². The smallest absolute Gasteiger partial charge is 0.270 e. The standard InChI is InChI=1S/C19H15NO2S2/c1-13(11-14-5-3-2-4-6-14)12-17-18(22)20(19(23)24-17)15-7-9-16(21)10-8-15/h2-12,21H,1H3/b13-11-,17-12-. The van der Waals surface area contributed by atoms with E-state index in [2.05, 4.69) is 0 Å². The minimum atomic E-state index is -0.142. The Kier molecular flexibility index (Phi) is 4.83. The quantitative estimate of drug-likeness (QED) is 0.639. The zero-order chi connectivity index (χ0) is 17.1. The molecule has 1 heterocycles. The van der Waals surface area contributed by atoms with Crippen molar-refractivity contribution in [1.82, 2.24) is 0 Å². The molecule has 1 N–H and O–H groups in total. The number of carbonyl (C=O) groups excluding carboxylic acids is 1. The van der Waals surface area contributed by atoms with Gasteiger partial charge >= 0.3 is 0 Å². The molecular weight excluding hydrogens is 338 g/mol. The second-order valence-electron chi connectivity index (χ2n) is 5.33. The van der Waals surface area contributed by atoms with Gasteiger partial charge in [-0.15, -0.1) is 0 Å². The van der Waals surface area contributed by atoms with Gasteiger partial charge in [0.05, 0.1) is 10.6 Å². The van der Waals surface area contributed by atoms with E-state index < -0.39 is 0 Å². The lowest BCUT2D eigenvalue weighted by molar-refractivity contribution is -0.113. The third-order valence-electron chi connectivity index (χ3n) is 3.45. The first-order valence-corrected chi connectivity index (χ1v) is 8.57. The highest BCUT2D eigenvalue weighted by Crippen LogP contribution is 2.36. The van der Waals surface area contributed by atoms with E-state index in [0.717, 1.165) is 11.1 Å². The summed E-state index contributed by atoms with van der Waals surface area (Å²) in [5.41, 5.74) is 2.72. The lowest BCUT2D eigenvalue weighted by Crippen LogP contribution is -2.27. The highest BCUT2D eigenvalue weighted by Gasteiger charge is 2.33. The van der Waals surface area contributed by atoms with Gasteiger partial charge in [0.15, 0.2) is 4.32 Å². The van der Waals surface area contributed by atoms with Crippen molar-refractivity contribution in [3.8, 4) is 5.75 Å². The van der Waals surface area contributed by atoms with Gasteiger partial charge in [-0.2, -0.15) is 0 Å². The average Bonchev–Trinajstić information content (AvgIpc) is 2.83. The zero-order valence-electron chi connectivity index (χ0n) is 13.0. The maximum atomic E-state index is 12.6. The maximum absolute atomic E-state index is 12.6. The molecule has 0 unspecified atom stereocenters. The van der Waals surface area contributed by atoms with Crippen LogP contribution in [-0.4, -0.2) is 15.3 Å². The molecule has 0 aromatic heterocycles. The molecule has 0 saturated carbocycles. The third-order valence-corrected chi connectivity index (χ3v) is 4.76. The summed E-state index contributed by atoms with van der Waals surface area (Å²) in [4.78, 5) is 14.7. The Labute approximate surface area is 150 Å². The number of benzene rings is 2. The van der Waals surface area contributed by atoms with E-state index in [1.165, 1.54) is 28.8 Å². The summed E-state index contributed by atoms with van der Waals surface area (Å²) in [6.07, 6.45) is 3.87. The molecule has 0 radical (unpaired) electrons. The van der Waals surface area contributed by atoms with E-state index in [-0.39, 0.29) is 11.7 Å².